The SMILES string of the molecule is CCNC(=NCCc1ccc(S(C)(=O)=O)cc1)N1CCN(c2ccccc2O)CC1.I. The van der Waals surface area contributed by atoms with Gasteiger partial charge in [-0.05, 0) is 43.2 Å². The number of para-hydroxylation sites is 2. The topological polar surface area (TPSA) is 85.2 Å². The minimum atomic E-state index is -3.17. The average molecular weight is 558 g/mol. The lowest BCUT2D eigenvalue weighted by atomic mass is 10.1. The monoisotopic (exact) mass is 558 g/mol. The number of phenols is 1. The molecule has 0 saturated carbocycles. The minimum absolute atomic E-state index is 0. The maximum absolute atomic E-state index is 11.6. The van der Waals surface area contributed by atoms with Crippen LogP contribution in [0.1, 0.15) is 12.5 Å². The Labute approximate surface area is 202 Å². The smallest absolute Gasteiger partial charge is 0.194 e. The fourth-order valence-electron chi connectivity index (χ4n) is 3.51. The zero-order valence-electron chi connectivity index (χ0n) is 18.0. The van der Waals surface area contributed by atoms with Crippen molar-refractivity contribution in [2.75, 3.05) is 50.4 Å². The number of aliphatic imine (C=N–C) groups is 1. The molecule has 0 radical (unpaired) electrons. The molecular formula is C22H31IN4O3S. The second-order valence-corrected chi connectivity index (χ2v) is 9.38. The number of sulfone groups is 1. The van der Waals surface area contributed by atoms with Crippen LogP contribution in [0.25, 0.3) is 0 Å². The Hall–Kier alpha value is -2.01. The van der Waals surface area contributed by atoms with Crippen molar-refractivity contribution in [1.29, 1.82) is 0 Å². The van der Waals surface area contributed by atoms with Gasteiger partial charge in [0.25, 0.3) is 0 Å². The summed E-state index contributed by atoms with van der Waals surface area (Å²) in [5, 5.41) is 13.4. The molecule has 0 bridgehead atoms. The van der Waals surface area contributed by atoms with Gasteiger partial charge in [0.2, 0.25) is 0 Å². The number of hydrogen-bond donors (Lipinski definition) is 2. The lowest BCUT2D eigenvalue weighted by molar-refractivity contribution is 0.370. The fraction of sp³-hybridized carbons (Fsp3) is 0.409. The van der Waals surface area contributed by atoms with Gasteiger partial charge in [-0.25, -0.2) is 8.42 Å². The summed E-state index contributed by atoms with van der Waals surface area (Å²) in [6, 6.07) is 14.4. The average Bonchev–Trinajstić information content (AvgIpc) is 2.73. The zero-order chi connectivity index (χ0) is 21.6. The Morgan fingerprint density at radius 2 is 1.71 bits per heavy atom. The molecule has 1 aliphatic heterocycles. The Morgan fingerprint density at radius 1 is 1.06 bits per heavy atom. The number of nitrogens with zero attached hydrogens (tertiary/aromatic N) is 3. The van der Waals surface area contributed by atoms with Crippen molar-refractivity contribution < 1.29 is 13.5 Å². The molecule has 0 amide bonds. The van der Waals surface area contributed by atoms with E-state index in [2.05, 4.69) is 22.0 Å². The van der Waals surface area contributed by atoms with Gasteiger partial charge in [0.1, 0.15) is 5.75 Å². The van der Waals surface area contributed by atoms with E-state index >= 15 is 0 Å². The molecule has 0 spiro atoms. The zero-order valence-corrected chi connectivity index (χ0v) is 21.1. The number of hydrogen-bond acceptors (Lipinski definition) is 5. The van der Waals surface area contributed by atoms with E-state index in [4.69, 9.17) is 4.99 Å². The van der Waals surface area contributed by atoms with Gasteiger partial charge in [-0.1, -0.05) is 24.3 Å². The fourth-order valence-corrected chi connectivity index (χ4v) is 4.14. The molecule has 0 unspecified atom stereocenters. The summed E-state index contributed by atoms with van der Waals surface area (Å²) in [7, 11) is -3.17. The lowest BCUT2D eigenvalue weighted by Gasteiger charge is -2.37. The maximum Gasteiger partial charge on any atom is 0.194 e. The molecule has 9 heteroatoms. The number of halogens is 1. The first-order valence-corrected chi connectivity index (χ1v) is 12.1. The van der Waals surface area contributed by atoms with Crippen LogP contribution in [0.3, 0.4) is 0 Å². The Bertz CT molecular complexity index is 973. The highest BCUT2D eigenvalue weighted by Crippen LogP contribution is 2.27. The third kappa shape index (κ3) is 6.99. The molecule has 7 nitrogen and oxygen atoms in total. The van der Waals surface area contributed by atoms with E-state index in [1.165, 1.54) is 6.26 Å². The van der Waals surface area contributed by atoms with Crippen LogP contribution in [0.2, 0.25) is 0 Å². The van der Waals surface area contributed by atoms with Crippen LogP contribution < -0.4 is 10.2 Å². The van der Waals surface area contributed by atoms with Crippen molar-refractivity contribution in [3.8, 4) is 5.75 Å². The quantitative estimate of drug-likeness (QED) is 0.323. The van der Waals surface area contributed by atoms with E-state index in [0.29, 0.717) is 17.2 Å². The highest BCUT2D eigenvalue weighted by atomic mass is 127. The van der Waals surface area contributed by atoms with Gasteiger partial charge in [-0.15, -0.1) is 24.0 Å². The van der Waals surface area contributed by atoms with Gasteiger partial charge in [-0.3, -0.25) is 4.99 Å². The highest BCUT2D eigenvalue weighted by Gasteiger charge is 2.21. The van der Waals surface area contributed by atoms with Crippen molar-refractivity contribution in [3.05, 3.63) is 54.1 Å². The molecule has 2 aromatic carbocycles. The van der Waals surface area contributed by atoms with E-state index in [1.807, 2.05) is 30.3 Å². The summed E-state index contributed by atoms with van der Waals surface area (Å²) < 4.78 is 23.1. The van der Waals surface area contributed by atoms with Gasteiger partial charge in [0, 0.05) is 45.5 Å². The number of rotatable bonds is 6. The Balaban J connectivity index is 0.00000341. The van der Waals surface area contributed by atoms with Crippen molar-refractivity contribution in [1.82, 2.24) is 10.2 Å². The number of nitrogens with one attached hydrogen (secondary N) is 1. The van der Waals surface area contributed by atoms with Crippen LogP contribution in [0, 0.1) is 0 Å². The predicted molar refractivity (Wildman–Crippen MR) is 137 cm³/mol. The summed E-state index contributed by atoms with van der Waals surface area (Å²) in [6.45, 7) is 6.75. The molecule has 0 aliphatic carbocycles. The molecular weight excluding hydrogens is 527 g/mol. The number of phenolic OH excluding ortho intramolecular Hbond substituents is 1. The van der Waals surface area contributed by atoms with Crippen LogP contribution in [0.4, 0.5) is 5.69 Å². The Morgan fingerprint density at radius 3 is 2.29 bits per heavy atom. The van der Waals surface area contributed by atoms with Gasteiger partial charge < -0.3 is 20.2 Å². The first kappa shape index (κ1) is 25.3. The molecule has 1 fully saturated rings. The van der Waals surface area contributed by atoms with Crippen molar-refractivity contribution in [3.63, 3.8) is 0 Å². The van der Waals surface area contributed by atoms with Gasteiger partial charge in [0.05, 0.1) is 10.6 Å². The second-order valence-electron chi connectivity index (χ2n) is 7.36. The second kappa shape index (κ2) is 11.6. The standard InChI is InChI=1S/C22H30N4O3S.HI/c1-3-23-22(24-13-12-18-8-10-19(11-9-18)30(2,28)29)26-16-14-25(15-17-26)20-6-4-5-7-21(20)27;/h4-11,27H,3,12-17H2,1-2H3,(H,23,24);1H. The molecule has 3 rings (SSSR count). The van der Waals surface area contributed by atoms with Crippen LogP contribution in [-0.4, -0.2) is 69.9 Å². The summed E-state index contributed by atoms with van der Waals surface area (Å²) in [5.41, 5.74) is 1.93. The number of piperazine rings is 1. The molecule has 0 aromatic heterocycles. The van der Waals surface area contributed by atoms with E-state index in [1.54, 1.807) is 18.2 Å². The number of benzene rings is 2. The van der Waals surface area contributed by atoms with E-state index in [9.17, 15) is 13.5 Å². The van der Waals surface area contributed by atoms with Crippen molar-refractivity contribution in [2.45, 2.75) is 18.2 Å². The van der Waals surface area contributed by atoms with Crippen LogP contribution >= 0.6 is 24.0 Å². The molecule has 1 heterocycles. The summed E-state index contributed by atoms with van der Waals surface area (Å²) in [4.78, 5) is 9.54. The molecule has 2 N–H and O–H groups in total. The van der Waals surface area contributed by atoms with E-state index in [-0.39, 0.29) is 24.0 Å². The largest absolute Gasteiger partial charge is 0.506 e. The molecule has 31 heavy (non-hydrogen) atoms. The van der Waals surface area contributed by atoms with Crippen LogP contribution in [-0.2, 0) is 16.3 Å². The van der Waals surface area contributed by atoms with Gasteiger partial charge in [0.15, 0.2) is 15.8 Å². The minimum Gasteiger partial charge on any atom is -0.506 e. The summed E-state index contributed by atoms with van der Waals surface area (Å²) >= 11 is 0. The third-order valence-electron chi connectivity index (χ3n) is 5.15. The normalized spacial score (nSPS) is 14.8. The molecule has 170 valence electrons. The number of anilines is 1. The van der Waals surface area contributed by atoms with E-state index < -0.39 is 9.84 Å². The van der Waals surface area contributed by atoms with Crippen molar-refractivity contribution >= 4 is 45.5 Å². The van der Waals surface area contributed by atoms with Crippen LogP contribution in [0.5, 0.6) is 5.75 Å². The summed E-state index contributed by atoms with van der Waals surface area (Å²) in [5.74, 6) is 1.20. The van der Waals surface area contributed by atoms with Gasteiger partial charge in [-0.2, -0.15) is 0 Å². The first-order valence-electron chi connectivity index (χ1n) is 10.2. The molecule has 1 aliphatic rings. The maximum atomic E-state index is 11.6. The van der Waals surface area contributed by atoms with E-state index in [0.717, 1.165) is 56.4 Å². The summed E-state index contributed by atoms with van der Waals surface area (Å²) in [6.07, 6.45) is 1.96. The molecule has 2 aromatic rings. The predicted octanol–water partition coefficient (Wildman–Crippen LogP) is 2.74. The lowest BCUT2D eigenvalue weighted by Crippen LogP contribution is -2.52. The highest BCUT2D eigenvalue weighted by molar-refractivity contribution is 14.0. The third-order valence-corrected chi connectivity index (χ3v) is 6.28. The van der Waals surface area contributed by atoms with Crippen LogP contribution in [0.15, 0.2) is 58.4 Å². The molecule has 1 saturated heterocycles. The van der Waals surface area contributed by atoms with Crippen molar-refractivity contribution in [2.24, 2.45) is 4.99 Å². The Kier molecular flexibility index (Phi) is 9.42. The number of aromatic hydroxyl groups is 1. The van der Waals surface area contributed by atoms with Gasteiger partial charge >= 0.3 is 0 Å². The first-order chi connectivity index (χ1) is 14.4. The molecule has 0 atom stereocenters. The number of guanidine groups is 1.